The van der Waals surface area contributed by atoms with Crippen LogP contribution in [0, 0.1) is 6.92 Å². The molecule has 2 aromatic rings. The van der Waals surface area contributed by atoms with Gasteiger partial charge in [0, 0.05) is 6.42 Å². The molecule has 0 atom stereocenters. The number of hydrogen-bond donors (Lipinski definition) is 1. The van der Waals surface area contributed by atoms with Gasteiger partial charge >= 0.3 is 0 Å². The molecular weight excluding hydrogens is 220 g/mol. The molecule has 1 aromatic heterocycles. The van der Waals surface area contributed by atoms with E-state index in [0.29, 0.717) is 18.0 Å². The zero-order valence-electron chi connectivity index (χ0n) is 9.79. The van der Waals surface area contributed by atoms with Gasteiger partial charge in [0.25, 0.3) is 0 Å². The Balaban J connectivity index is 2.40. The van der Waals surface area contributed by atoms with Gasteiger partial charge in [0.05, 0.1) is 13.7 Å². The van der Waals surface area contributed by atoms with Crippen LogP contribution in [0.3, 0.4) is 0 Å². The standard InChI is InChI=1S/C11H14N4O2/c1-8-3-4-10(17-2)9(7-8)15-13-11(5-6-16)12-14-15/h3-4,7,16H,5-6H2,1-2H3. The molecule has 0 aliphatic carbocycles. The summed E-state index contributed by atoms with van der Waals surface area (Å²) in [5, 5.41) is 20.8. The predicted octanol–water partition coefficient (Wildman–Crippen LogP) is 0.514. The number of aliphatic hydroxyl groups is 1. The summed E-state index contributed by atoms with van der Waals surface area (Å²) in [5.41, 5.74) is 1.82. The van der Waals surface area contributed by atoms with Crippen LogP contribution in [0.1, 0.15) is 11.4 Å². The number of tetrazole rings is 1. The van der Waals surface area contributed by atoms with Crippen LogP contribution in [0.5, 0.6) is 5.75 Å². The molecule has 0 fully saturated rings. The van der Waals surface area contributed by atoms with E-state index in [4.69, 9.17) is 9.84 Å². The molecular formula is C11H14N4O2. The van der Waals surface area contributed by atoms with E-state index in [-0.39, 0.29) is 6.61 Å². The first-order valence-electron chi connectivity index (χ1n) is 5.29. The Morgan fingerprint density at radius 1 is 1.41 bits per heavy atom. The lowest BCUT2D eigenvalue weighted by atomic mass is 10.2. The zero-order valence-corrected chi connectivity index (χ0v) is 9.79. The summed E-state index contributed by atoms with van der Waals surface area (Å²) in [4.78, 5) is 1.41. The smallest absolute Gasteiger partial charge is 0.177 e. The monoisotopic (exact) mass is 234 g/mol. The van der Waals surface area contributed by atoms with E-state index in [1.807, 2.05) is 25.1 Å². The Labute approximate surface area is 98.8 Å². The van der Waals surface area contributed by atoms with Crippen molar-refractivity contribution in [2.75, 3.05) is 13.7 Å². The van der Waals surface area contributed by atoms with Crippen LogP contribution in [0.4, 0.5) is 0 Å². The molecule has 0 aliphatic rings. The lowest BCUT2D eigenvalue weighted by molar-refractivity contribution is 0.296. The van der Waals surface area contributed by atoms with E-state index < -0.39 is 0 Å². The van der Waals surface area contributed by atoms with Gasteiger partial charge in [-0.3, -0.25) is 0 Å². The molecule has 90 valence electrons. The van der Waals surface area contributed by atoms with Crippen molar-refractivity contribution in [2.24, 2.45) is 0 Å². The summed E-state index contributed by atoms with van der Waals surface area (Å²) >= 11 is 0. The van der Waals surface area contributed by atoms with Crippen molar-refractivity contribution < 1.29 is 9.84 Å². The van der Waals surface area contributed by atoms with Crippen LogP contribution >= 0.6 is 0 Å². The van der Waals surface area contributed by atoms with E-state index in [1.165, 1.54) is 4.80 Å². The summed E-state index contributed by atoms with van der Waals surface area (Å²) in [6, 6.07) is 5.73. The van der Waals surface area contributed by atoms with Crippen LogP contribution in [0.15, 0.2) is 18.2 Å². The lowest BCUT2D eigenvalue weighted by Crippen LogP contribution is -2.03. The fourth-order valence-corrected chi connectivity index (χ4v) is 1.50. The van der Waals surface area contributed by atoms with Crippen molar-refractivity contribution >= 4 is 0 Å². The minimum Gasteiger partial charge on any atom is -0.494 e. The number of nitrogens with zero attached hydrogens (tertiary/aromatic N) is 4. The molecule has 0 saturated heterocycles. The predicted molar refractivity (Wildman–Crippen MR) is 61.2 cm³/mol. The number of aromatic nitrogens is 4. The second-order valence-electron chi connectivity index (χ2n) is 3.64. The molecule has 0 bridgehead atoms. The van der Waals surface area contributed by atoms with Gasteiger partial charge in [0.2, 0.25) is 0 Å². The third-order valence-corrected chi connectivity index (χ3v) is 2.34. The Hall–Kier alpha value is -1.95. The van der Waals surface area contributed by atoms with Crippen LogP contribution in [0.2, 0.25) is 0 Å². The molecule has 0 unspecified atom stereocenters. The van der Waals surface area contributed by atoms with E-state index in [0.717, 1.165) is 11.3 Å². The number of methoxy groups -OCH3 is 1. The molecule has 2 rings (SSSR count). The summed E-state index contributed by atoms with van der Waals surface area (Å²) in [6.45, 7) is 1.99. The van der Waals surface area contributed by atoms with Crippen LogP contribution < -0.4 is 4.74 Å². The molecule has 0 saturated carbocycles. The summed E-state index contributed by atoms with van der Waals surface area (Å²) in [7, 11) is 1.60. The SMILES string of the molecule is COc1ccc(C)cc1-n1nnc(CCO)n1. The Morgan fingerprint density at radius 3 is 2.94 bits per heavy atom. The Kier molecular flexibility index (Phi) is 3.34. The van der Waals surface area contributed by atoms with Crippen molar-refractivity contribution in [3.8, 4) is 11.4 Å². The van der Waals surface area contributed by atoms with Crippen molar-refractivity contribution in [1.82, 2.24) is 20.2 Å². The van der Waals surface area contributed by atoms with Gasteiger partial charge in [-0.05, 0) is 29.8 Å². The maximum absolute atomic E-state index is 8.80. The van der Waals surface area contributed by atoms with Gasteiger partial charge in [0.15, 0.2) is 5.82 Å². The lowest BCUT2D eigenvalue weighted by Gasteiger charge is -2.07. The van der Waals surface area contributed by atoms with Gasteiger partial charge in [-0.25, -0.2) is 0 Å². The second kappa shape index (κ2) is 4.92. The average molecular weight is 234 g/mol. The highest BCUT2D eigenvalue weighted by atomic mass is 16.5. The molecule has 1 N–H and O–H groups in total. The zero-order chi connectivity index (χ0) is 12.3. The van der Waals surface area contributed by atoms with Crippen LogP contribution in [0.25, 0.3) is 5.69 Å². The average Bonchev–Trinajstić information content (AvgIpc) is 2.78. The van der Waals surface area contributed by atoms with Gasteiger partial charge in [0.1, 0.15) is 11.4 Å². The number of benzene rings is 1. The van der Waals surface area contributed by atoms with Gasteiger partial charge in [-0.15, -0.1) is 15.0 Å². The number of aliphatic hydroxyl groups excluding tert-OH is 1. The summed E-state index contributed by atoms with van der Waals surface area (Å²) < 4.78 is 5.25. The minimum atomic E-state index is 0.0106. The highest BCUT2D eigenvalue weighted by molar-refractivity contribution is 5.47. The van der Waals surface area contributed by atoms with Crippen molar-refractivity contribution in [2.45, 2.75) is 13.3 Å². The van der Waals surface area contributed by atoms with E-state index >= 15 is 0 Å². The third-order valence-electron chi connectivity index (χ3n) is 2.34. The molecule has 0 amide bonds. The van der Waals surface area contributed by atoms with Crippen molar-refractivity contribution in [3.63, 3.8) is 0 Å². The first-order chi connectivity index (χ1) is 8.24. The third kappa shape index (κ3) is 2.42. The fourth-order valence-electron chi connectivity index (χ4n) is 1.50. The Morgan fingerprint density at radius 2 is 2.24 bits per heavy atom. The van der Waals surface area contributed by atoms with Crippen molar-refractivity contribution in [1.29, 1.82) is 0 Å². The van der Waals surface area contributed by atoms with Gasteiger partial charge < -0.3 is 9.84 Å². The maximum Gasteiger partial charge on any atom is 0.177 e. The van der Waals surface area contributed by atoms with Crippen molar-refractivity contribution in [3.05, 3.63) is 29.6 Å². The highest BCUT2D eigenvalue weighted by Gasteiger charge is 2.09. The normalized spacial score (nSPS) is 10.5. The van der Waals surface area contributed by atoms with E-state index in [9.17, 15) is 0 Å². The number of rotatable bonds is 4. The molecule has 1 heterocycles. The summed E-state index contributed by atoms with van der Waals surface area (Å²) in [6.07, 6.45) is 0.397. The second-order valence-corrected chi connectivity index (χ2v) is 3.64. The number of hydrogen-bond acceptors (Lipinski definition) is 5. The largest absolute Gasteiger partial charge is 0.494 e. The topological polar surface area (TPSA) is 73.1 Å². The van der Waals surface area contributed by atoms with E-state index in [2.05, 4.69) is 15.4 Å². The van der Waals surface area contributed by atoms with Crippen LogP contribution in [-0.4, -0.2) is 39.0 Å². The Bertz CT molecular complexity index is 510. The van der Waals surface area contributed by atoms with Gasteiger partial charge in [-0.1, -0.05) is 6.07 Å². The maximum atomic E-state index is 8.80. The highest BCUT2D eigenvalue weighted by Crippen LogP contribution is 2.22. The first-order valence-corrected chi connectivity index (χ1v) is 5.29. The first kappa shape index (κ1) is 11.5. The molecule has 0 aliphatic heterocycles. The summed E-state index contributed by atoms with van der Waals surface area (Å²) in [5.74, 6) is 1.19. The minimum absolute atomic E-state index is 0.0106. The van der Waals surface area contributed by atoms with E-state index in [1.54, 1.807) is 7.11 Å². The van der Waals surface area contributed by atoms with Gasteiger partial charge in [-0.2, -0.15) is 0 Å². The number of aryl methyl sites for hydroxylation is 1. The molecule has 6 nitrogen and oxygen atoms in total. The number of ether oxygens (including phenoxy) is 1. The molecule has 6 heteroatoms. The molecule has 0 spiro atoms. The fraction of sp³-hybridized carbons (Fsp3) is 0.364. The molecule has 1 aromatic carbocycles. The quantitative estimate of drug-likeness (QED) is 0.834. The molecule has 17 heavy (non-hydrogen) atoms. The van der Waals surface area contributed by atoms with Crippen LogP contribution in [-0.2, 0) is 6.42 Å². The molecule has 0 radical (unpaired) electrons.